The number of ether oxygens (including phenoxy) is 1. The van der Waals surface area contributed by atoms with Gasteiger partial charge in [0.15, 0.2) is 0 Å². The molecule has 0 radical (unpaired) electrons. The molecule has 3 heteroatoms. The molecule has 98 valence electrons. The number of benzene rings is 2. The first-order chi connectivity index (χ1) is 9.74. The fourth-order valence-electron chi connectivity index (χ4n) is 2.37. The van der Waals surface area contributed by atoms with Crippen molar-refractivity contribution < 1.29 is 6.15 Å². The largest absolute Gasteiger partial charge is 0.457 e. The fourth-order valence-corrected chi connectivity index (χ4v) is 2.37. The summed E-state index contributed by atoms with van der Waals surface area (Å²) in [6.07, 6.45) is 0.871. The zero-order valence-corrected chi connectivity index (χ0v) is 10.7. The van der Waals surface area contributed by atoms with E-state index in [0.29, 0.717) is 0 Å². The Balaban J connectivity index is 1.75. The van der Waals surface area contributed by atoms with Gasteiger partial charge in [0.25, 0.3) is 0 Å². The molecule has 19 heavy (non-hydrogen) atoms. The van der Waals surface area contributed by atoms with Gasteiger partial charge in [0, 0.05) is 12.1 Å². The Bertz CT molecular complexity index is 548. The van der Waals surface area contributed by atoms with Crippen molar-refractivity contribution in [3.05, 3.63) is 60.2 Å². The summed E-state index contributed by atoms with van der Waals surface area (Å²) in [4.78, 5) is 0. The molecule has 0 aromatic heterocycles. The molecule has 2 aromatic rings. The first-order valence-corrected chi connectivity index (χ1v) is 6.58. The van der Waals surface area contributed by atoms with Crippen LogP contribution in [0.25, 0.3) is 0 Å². The number of hydrogen-bond acceptors (Lipinski definition) is 3. The summed E-state index contributed by atoms with van der Waals surface area (Å²) in [5, 5.41) is 1.57. The van der Waals surface area contributed by atoms with Gasteiger partial charge in [-0.15, -0.1) is 0 Å². The SMILES string of the molecule is [2H]N1CCC(N)[C@H]1c1ccc(Oc2ccccc2)cc1. The van der Waals surface area contributed by atoms with Crippen molar-refractivity contribution in [2.75, 3.05) is 6.54 Å². The molecule has 1 unspecified atom stereocenters. The van der Waals surface area contributed by atoms with Gasteiger partial charge in [0.1, 0.15) is 12.9 Å². The van der Waals surface area contributed by atoms with E-state index in [1.165, 1.54) is 0 Å². The van der Waals surface area contributed by atoms with Gasteiger partial charge in [-0.05, 0) is 42.8 Å². The van der Waals surface area contributed by atoms with E-state index in [9.17, 15) is 0 Å². The second-order valence-corrected chi connectivity index (χ2v) is 4.79. The van der Waals surface area contributed by atoms with Crippen LogP contribution in [0.3, 0.4) is 0 Å². The van der Waals surface area contributed by atoms with Crippen LogP contribution in [0.2, 0.25) is 1.41 Å². The average molecular weight is 255 g/mol. The van der Waals surface area contributed by atoms with E-state index in [1.807, 2.05) is 54.6 Å². The molecule has 1 aliphatic heterocycles. The van der Waals surface area contributed by atoms with E-state index in [-0.39, 0.29) is 12.1 Å². The molecule has 1 heterocycles. The van der Waals surface area contributed by atoms with Crippen LogP contribution in [0, 0.1) is 0 Å². The van der Waals surface area contributed by atoms with Crippen molar-refractivity contribution >= 4 is 0 Å². The number of nitrogens with two attached hydrogens (primary N) is 1. The minimum Gasteiger partial charge on any atom is -0.457 e. The first-order valence-electron chi connectivity index (χ1n) is 7.03. The zero-order chi connectivity index (χ0) is 13.9. The summed E-state index contributed by atoms with van der Waals surface area (Å²) in [6.45, 7) is 0.730. The van der Waals surface area contributed by atoms with Gasteiger partial charge in [-0.2, -0.15) is 0 Å². The highest BCUT2D eigenvalue weighted by atomic mass is 16.5. The average Bonchev–Trinajstić information content (AvgIpc) is 2.81. The molecular weight excluding hydrogens is 236 g/mol. The predicted molar refractivity (Wildman–Crippen MR) is 76.3 cm³/mol. The highest BCUT2D eigenvalue weighted by Gasteiger charge is 2.24. The van der Waals surface area contributed by atoms with Gasteiger partial charge in [0.05, 0.1) is 0 Å². The summed E-state index contributed by atoms with van der Waals surface area (Å²) in [7, 11) is 0. The predicted octanol–water partition coefficient (Wildman–Crippen LogP) is 2.84. The van der Waals surface area contributed by atoms with Crippen LogP contribution in [0.4, 0.5) is 0 Å². The maximum absolute atomic E-state index is 7.91. The standard InChI is InChI=1S/C16H18N2O/c17-15-10-11-18-16(15)12-6-8-14(9-7-12)19-13-4-2-1-3-5-13/h1-9,15-16,18H,10-11,17H2/t15?,16-/m1/s1/i/hD. The lowest BCUT2D eigenvalue weighted by molar-refractivity contribution is 0.481. The normalized spacial score (nSPS) is 24.2. The Morgan fingerprint density at radius 1 is 1.05 bits per heavy atom. The van der Waals surface area contributed by atoms with Crippen molar-refractivity contribution in [1.82, 2.24) is 5.31 Å². The Morgan fingerprint density at radius 3 is 2.37 bits per heavy atom. The van der Waals surface area contributed by atoms with Crippen LogP contribution >= 0.6 is 0 Å². The minimum absolute atomic E-state index is 0.0132. The van der Waals surface area contributed by atoms with Crippen molar-refractivity contribution in [3.63, 3.8) is 0 Å². The summed E-state index contributed by atoms with van der Waals surface area (Å²) < 4.78 is 13.7. The molecule has 1 aliphatic rings. The Labute approximate surface area is 114 Å². The molecule has 1 saturated heterocycles. The molecule has 3 rings (SSSR count). The lowest BCUT2D eigenvalue weighted by atomic mass is 10.0. The molecule has 2 atom stereocenters. The number of rotatable bonds is 3. The molecular formula is C16H18N2O. The fraction of sp³-hybridized carbons (Fsp3) is 0.250. The smallest absolute Gasteiger partial charge is 0.127 e. The summed E-state index contributed by atoms with van der Waals surface area (Å²) >= 11 is 0. The minimum atomic E-state index is -0.0132. The van der Waals surface area contributed by atoms with Gasteiger partial charge in [0.2, 0.25) is 0 Å². The monoisotopic (exact) mass is 255 g/mol. The number of para-hydroxylation sites is 1. The molecule has 3 nitrogen and oxygen atoms in total. The van der Waals surface area contributed by atoms with Crippen LogP contribution in [-0.2, 0) is 0 Å². The number of hydrogen-bond donors (Lipinski definition) is 2. The Kier molecular flexibility index (Phi) is 3.15. The topological polar surface area (TPSA) is 47.3 Å². The number of nitrogens with one attached hydrogen (secondary N) is 1. The van der Waals surface area contributed by atoms with Crippen molar-refractivity contribution in [2.45, 2.75) is 18.5 Å². The van der Waals surface area contributed by atoms with Crippen LogP contribution in [0.15, 0.2) is 54.6 Å². The second kappa shape index (κ2) is 5.43. The zero-order valence-electron chi connectivity index (χ0n) is 11.7. The third-order valence-electron chi connectivity index (χ3n) is 3.39. The summed E-state index contributed by atoms with van der Waals surface area (Å²) in [6, 6.07) is 17.6. The van der Waals surface area contributed by atoms with Gasteiger partial charge in [-0.25, -0.2) is 0 Å². The Morgan fingerprint density at radius 2 is 1.74 bits per heavy atom. The summed E-state index contributed by atoms with van der Waals surface area (Å²) in [5.74, 6) is 1.61. The maximum atomic E-state index is 7.91. The third kappa shape index (κ3) is 2.78. The summed E-state index contributed by atoms with van der Waals surface area (Å²) in [5.41, 5.74) is 7.14. The van der Waals surface area contributed by atoms with Crippen molar-refractivity contribution in [2.24, 2.45) is 5.73 Å². The lowest BCUT2D eigenvalue weighted by Crippen LogP contribution is -2.27. The molecule has 0 saturated carbocycles. The van der Waals surface area contributed by atoms with Gasteiger partial charge in [-0.1, -0.05) is 30.3 Å². The van der Waals surface area contributed by atoms with Crippen LogP contribution < -0.4 is 15.8 Å². The van der Waals surface area contributed by atoms with E-state index in [1.54, 1.807) is 5.31 Å². The van der Waals surface area contributed by atoms with Gasteiger partial charge >= 0.3 is 0 Å². The van der Waals surface area contributed by atoms with E-state index in [4.69, 9.17) is 11.9 Å². The highest BCUT2D eigenvalue weighted by molar-refractivity contribution is 5.34. The van der Waals surface area contributed by atoms with Crippen molar-refractivity contribution in [3.8, 4) is 11.5 Å². The van der Waals surface area contributed by atoms with E-state index < -0.39 is 0 Å². The van der Waals surface area contributed by atoms with Gasteiger partial charge in [-0.3, -0.25) is 0 Å². The van der Waals surface area contributed by atoms with E-state index >= 15 is 0 Å². The quantitative estimate of drug-likeness (QED) is 0.886. The lowest BCUT2D eigenvalue weighted by Gasteiger charge is -2.16. The first kappa shape index (κ1) is 11.0. The Hall–Kier alpha value is -1.84. The van der Waals surface area contributed by atoms with Crippen molar-refractivity contribution in [1.29, 1.82) is 0 Å². The third-order valence-corrected chi connectivity index (χ3v) is 3.39. The molecule has 2 aromatic carbocycles. The molecule has 0 bridgehead atoms. The van der Waals surface area contributed by atoms with Crippen LogP contribution in [0.5, 0.6) is 11.5 Å². The molecule has 0 amide bonds. The van der Waals surface area contributed by atoms with E-state index in [0.717, 1.165) is 30.0 Å². The van der Waals surface area contributed by atoms with Crippen LogP contribution in [-0.4, -0.2) is 12.6 Å². The molecule has 3 N–H and O–H groups in total. The van der Waals surface area contributed by atoms with Crippen LogP contribution in [0.1, 0.15) is 18.0 Å². The second-order valence-electron chi connectivity index (χ2n) is 4.79. The maximum Gasteiger partial charge on any atom is 0.127 e. The molecule has 0 aliphatic carbocycles. The van der Waals surface area contributed by atoms with Gasteiger partial charge < -0.3 is 15.8 Å². The molecule has 1 fully saturated rings. The molecule has 0 spiro atoms. The highest BCUT2D eigenvalue weighted by Crippen LogP contribution is 2.26. The van der Waals surface area contributed by atoms with E-state index in [2.05, 4.69) is 0 Å².